The molecule has 5 heteroatoms. The molecule has 1 aromatic heterocycles. The Hall–Kier alpha value is -3.73. The summed E-state index contributed by atoms with van der Waals surface area (Å²) in [5.74, 6) is 0.0471. The summed E-state index contributed by atoms with van der Waals surface area (Å²) in [7, 11) is 0. The van der Waals surface area contributed by atoms with Gasteiger partial charge < -0.3 is 4.42 Å². The Morgan fingerprint density at radius 2 is 1.57 bits per heavy atom. The summed E-state index contributed by atoms with van der Waals surface area (Å²) in [6.07, 6.45) is 0. The summed E-state index contributed by atoms with van der Waals surface area (Å²) in [6.45, 7) is 2.25. The van der Waals surface area contributed by atoms with Gasteiger partial charge >= 0.3 is 0 Å². The number of hydrogen-bond acceptors (Lipinski definition) is 4. The van der Waals surface area contributed by atoms with Crippen molar-refractivity contribution >= 4 is 22.9 Å². The van der Waals surface area contributed by atoms with Gasteiger partial charge in [0.2, 0.25) is 5.89 Å². The molecule has 0 saturated heterocycles. The van der Waals surface area contributed by atoms with Crippen LogP contribution >= 0.6 is 0 Å². The van der Waals surface area contributed by atoms with E-state index in [9.17, 15) is 9.59 Å². The first-order chi connectivity index (χ1) is 13.6. The Labute approximate surface area is 161 Å². The highest BCUT2D eigenvalue weighted by molar-refractivity contribution is 6.21. The second kappa shape index (κ2) is 6.16. The maximum Gasteiger partial charge on any atom is 0.261 e. The van der Waals surface area contributed by atoms with E-state index in [4.69, 9.17) is 4.42 Å². The molecule has 2 amide bonds. The first-order valence-corrected chi connectivity index (χ1v) is 9.02. The number of aryl methyl sites for hydroxylation is 1. The summed E-state index contributed by atoms with van der Waals surface area (Å²) in [5.41, 5.74) is 5.33. The summed E-state index contributed by atoms with van der Waals surface area (Å²) in [6, 6.07) is 20.4. The van der Waals surface area contributed by atoms with Gasteiger partial charge in [0.25, 0.3) is 11.8 Å². The maximum atomic E-state index is 12.5. The molecule has 0 radical (unpaired) electrons. The average Bonchev–Trinajstić information content (AvgIpc) is 3.23. The zero-order valence-corrected chi connectivity index (χ0v) is 15.2. The van der Waals surface area contributed by atoms with Crippen LogP contribution in [0.25, 0.3) is 22.6 Å². The van der Waals surface area contributed by atoms with Crippen molar-refractivity contribution in [2.75, 3.05) is 0 Å². The lowest BCUT2D eigenvalue weighted by Gasteiger charge is -2.13. The number of carbonyl (C=O) groups excluding carboxylic acids is 2. The molecule has 0 aliphatic carbocycles. The highest BCUT2D eigenvalue weighted by atomic mass is 16.3. The molecule has 4 aromatic rings. The van der Waals surface area contributed by atoms with Crippen molar-refractivity contribution in [1.82, 2.24) is 9.88 Å². The van der Waals surface area contributed by atoms with Gasteiger partial charge in [-0.3, -0.25) is 14.5 Å². The first-order valence-electron chi connectivity index (χ1n) is 9.02. The predicted molar refractivity (Wildman–Crippen MR) is 105 cm³/mol. The number of imide groups is 1. The minimum absolute atomic E-state index is 0.235. The molecular weight excluding hydrogens is 352 g/mol. The van der Waals surface area contributed by atoms with Crippen LogP contribution in [0.3, 0.4) is 0 Å². The number of rotatable bonds is 3. The van der Waals surface area contributed by atoms with Gasteiger partial charge in [0.1, 0.15) is 5.52 Å². The van der Waals surface area contributed by atoms with E-state index < -0.39 is 0 Å². The summed E-state index contributed by atoms with van der Waals surface area (Å²) >= 11 is 0. The molecule has 5 rings (SSSR count). The van der Waals surface area contributed by atoms with Gasteiger partial charge in [0, 0.05) is 5.56 Å². The normalized spacial score (nSPS) is 13.4. The van der Waals surface area contributed by atoms with Crippen LogP contribution in [0.2, 0.25) is 0 Å². The molecule has 0 spiro atoms. The quantitative estimate of drug-likeness (QED) is 0.496. The topological polar surface area (TPSA) is 63.4 Å². The lowest BCUT2D eigenvalue weighted by Crippen LogP contribution is -2.29. The van der Waals surface area contributed by atoms with Crippen LogP contribution in [0.1, 0.15) is 31.8 Å². The molecule has 136 valence electrons. The first kappa shape index (κ1) is 16.4. The van der Waals surface area contributed by atoms with Gasteiger partial charge in [0.15, 0.2) is 5.58 Å². The molecule has 0 unspecified atom stereocenters. The molecule has 3 aromatic carbocycles. The van der Waals surface area contributed by atoms with Crippen molar-refractivity contribution in [2.45, 2.75) is 13.5 Å². The second-order valence-corrected chi connectivity index (χ2v) is 6.93. The van der Waals surface area contributed by atoms with Crippen LogP contribution in [-0.4, -0.2) is 21.7 Å². The summed E-state index contributed by atoms with van der Waals surface area (Å²) < 4.78 is 5.85. The number of carbonyl (C=O) groups is 2. The Kier molecular flexibility index (Phi) is 3.62. The van der Waals surface area contributed by atoms with E-state index in [1.54, 1.807) is 24.3 Å². The van der Waals surface area contributed by atoms with Gasteiger partial charge in [-0.25, -0.2) is 4.98 Å². The maximum absolute atomic E-state index is 12.5. The molecular formula is C23H16N2O3. The van der Waals surface area contributed by atoms with Gasteiger partial charge in [-0.05, 0) is 54.4 Å². The Bertz CT molecular complexity index is 1200. The predicted octanol–water partition coefficient (Wildman–Crippen LogP) is 4.60. The minimum atomic E-state index is -0.251. The van der Waals surface area contributed by atoms with Crippen LogP contribution in [0.4, 0.5) is 0 Å². The zero-order valence-electron chi connectivity index (χ0n) is 15.2. The van der Waals surface area contributed by atoms with E-state index >= 15 is 0 Å². The van der Waals surface area contributed by atoms with E-state index in [-0.39, 0.29) is 18.4 Å². The van der Waals surface area contributed by atoms with Crippen LogP contribution in [0.5, 0.6) is 0 Å². The van der Waals surface area contributed by atoms with E-state index in [0.717, 1.165) is 27.8 Å². The largest absolute Gasteiger partial charge is 0.436 e. The van der Waals surface area contributed by atoms with Crippen molar-refractivity contribution in [3.8, 4) is 11.5 Å². The summed E-state index contributed by atoms with van der Waals surface area (Å²) in [5, 5.41) is 0. The Balaban J connectivity index is 1.40. The van der Waals surface area contributed by atoms with Gasteiger partial charge in [-0.1, -0.05) is 30.3 Å². The molecule has 5 nitrogen and oxygen atoms in total. The number of hydrogen-bond donors (Lipinski definition) is 0. The van der Waals surface area contributed by atoms with Crippen molar-refractivity contribution in [3.63, 3.8) is 0 Å². The highest BCUT2D eigenvalue weighted by Gasteiger charge is 2.34. The van der Waals surface area contributed by atoms with Gasteiger partial charge in [-0.15, -0.1) is 0 Å². The van der Waals surface area contributed by atoms with E-state index in [1.807, 2.05) is 49.4 Å². The van der Waals surface area contributed by atoms with Crippen LogP contribution in [-0.2, 0) is 6.54 Å². The van der Waals surface area contributed by atoms with Crippen LogP contribution in [0, 0.1) is 6.92 Å². The zero-order chi connectivity index (χ0) is 19.3. The van der Waals surface area contributed by atoms with E-state index in [0.29, 0.717) is 17.0 Å². The molecule has 0 fully saturated rings. The fraction of sp³-hybridized carbons (Fsp3) is 0.0870. The van der Waals surface area contributed by atoms with Crippen LogP contribution < -0.4 is 0 Å². The van der Waals surface area contributed by atoms with Gasteiger partial charge in [0.05, 0.1) is 17.7 Å². The summed E-state index contributed by atoms with van der Waals surface area (Å²) in [4.78, 5) is 30.8. The number of nitrogens with zero attached hydrogens (tertiary/aromatic N) is 2. The van der Waals surface area contributed by atoms with Crippen molar-refractivity contribution in [1.29, 1.82) is 0 Å². The molecule has 2 heterocycles. The Morgan fingerprint density at radius 3 is 2.25 bits per heavy atom. The third kappa shape index (κ3) is 2.60. The van der Waals surface area contributed by atoms with Crippen molar-refractivity contribution in [3.05, 3.63) is 89.0 Å². The number of amides is 2. The lowest BCUT2D eigenvalue weighted by molar-refractivity contribution is 0.0642. The fourth-order valence-electron chi connectivity index (χ4n) is 3.47. The monoisotopic (exact) mass is 368 g/mol. The smallest absolute Gasteiger partial charge is 0.261 e. The minimum Gasteiger partial charge on any atom is -0.436 e. The molecule has 0 saturated carbocycles. The standard InChI is InChI=1S/C23H16N2O3/c1-14-6-11-19-20(12-14)28-21(24-19)16-9-7-15(8-10-16)13-25-22(26)17-4-2-3-5-18(17)23(25)27/h2-12H,13H2,1H3. The van der Waals surface area contributed by atoms with Crippen molar-refractivity contribution < 1.29 is 14.0 Å². The average molecular weight is 368 g/mol. The number of oxazole rings is 1. The second-order valence-electron chi connectivity index (χ2n) is 6.93. The van der Waals surface area contributed by atoms with Crippen molar-refractivity contribution in [2.24, 2.45) is 0 Å². The lowest BCUT2D eigenvalue weighted by atomic mass is 10.1. The Morgan fingerprint density at radius 1 is 0.893 bits per heavy atom. The molecule has 28 heavy (non-hydrogen) atoms. The highest BCUT2D eigenvalue weighted by Crippen LogP contribution is 2.27. The van der Waals surface area contributed by atoms with Gasteiger partial charge in [-0.2, -0.15) is 0 Å². The number of aromatic nitrogens is 1. The molecule has 1 aliphatic heterocycles. The van der Waals surface area contributed by atoms with E-state index in [2.05, 4.69) is 4.98 Å². The third-order valence-electron chi connectivity index (χ3n) is 4.96. The number of fused-ring (bicyclic) bond motifs is 2. The van der Waals surface area contributed by atoms with E-state index in [1.165, 1.54) is 4.90 Å². The SMILES string of the molecule is Cc1ccc2nc(-c3ccc(CN4C(=O)c5ccccc5C4=O)cc3)oc2c1. The molecule has 0 bridgehead atoms. The fourth-order valence-corrected chi connectivity index (χ4v) is 3.47. The van der Waals surface area contributed by atoms with Crippen LogP contribution in [0.15, 0.2) is 71.1 Å². The third-order valence-corrected chi connectivity index (χ3v) is 4.96. The molecule has 1 aliphatic rings. The number of benzene rings is 3. The molecule has 0 N–H and O–H groups in total. The molecule has 0 atom stereocenters.